The zero-order valence-corrected chi connectivity index (χ0v) is 10.2. The highest BCUT2D eigenvalue weighted by molar-refractivity contribution is 5.82. The summed E-state index contributed by atoms with van der Waals surface area (Å²) >= 11 is 0. The summed E-state index contributed by atoms with van der Waals surface area (Å²) in [6.07, 6.45) is 1.25. The van der Waals surface area contributed by atoms with Gasteiger partial charge < -0.3 is 9.84 Å². The van der Waals surface area contributed by atoms with Gasteiger partial charge in [0.05, 0.1) is 17.0 Å². The van der Waals surface area contributed by atoms with Gasteiger partial charge in [0.25, 0.3) is 5.69 Å². The maximum Gasteiger partial charge on any atom is 0.270 e. The van der Waals surface area contributed by atoms with E-state index in [9.17, 15) is 10.1 Å². The second-order valence-electron chi connectivity index (χ2n) is 4.03. The van der Waals surface area contributed by atoms with E-state index >= 15 is 0 Å². The zero-order chi connectivity index (χ0) is 13.9. The first kappa shape index (κ1) is 12.0. The molecule has 3 aromatic rings. The van der Waals surface area contributed by atoms with Gasteiger partial charge in [-0.25, -0.2) is 4.98 Å². The Labute approximate surface area is 112 Å². The lowest BCUT2D eigenvalue weighted by atomic mass is 10.2. The monoisotopic (exact) mass is 271 g/mol. The molecule has 8 nitrogen and oxygen atoms in total. The number of anilines is 1. The van der Waals surface area contributed by atoms with E-state index in [1.54, 1.807) is 18.2 Å². The van der Waals surface area contributed by atoms with Crippen LogP contribution in [0, 0.1) is 10.1 Å². The third kappa shape index (κ3) is 2.39. The number of benzene rings is 1. The van der Waals surface area contributed by atoms with E-state index in [1.165, 1.54) is 18.5 Å². The molecule has 2 heterocycles. The molecule has 0 unspecified atom stereocenters. The van der Waals surface area contributed by atoms with Crippen LogP contribution in [0.1, 0.15) is 5.82 Å². The van der Waals surface area contributed by atoms with Gasteiger partial charge in [0, 0.05) is 17.5 Å². The Hall–Kier alpha value is -3.03. The van der Waals surface area contributed by atoms with E-state index in [1.807, 2.05) is 0 Å². The molecule has 1 aromatic carbocycles. The Bertz CT molecular complexity index is 757. The first-order valence-electron chi connectivity index (χ1n) is 5.77. The molecule has 20 heavy (non-hydrogen) atoms. The minimum atomic E-state index is -0.429. The molecule has 100 valence electrons. The predicted octanol–water partition coefficient (Wildman–Crippen LogP) is 2.14. The molecule has 0 aliphatic carbocycles. The molecule has 0 aliphatic heterocycles. The number of aromatic nitrogens is 3. The van der Waals surface area contributed by atoms with Crippen LogP contribution in [-0.2, 0) is 6.54 Å². The van der Waals surface area contributed by atoms with Crippen LogP contribution in [0.3, 0.4) is 0 Å². The van der Waals surface area contributed by atoms with Crippen molar-refractivity contribution in [1.29, 1.82) is 0 Å². The lowest BCUT2D eigenvalue weighted by molar-refractivity contribution is -0.384. The highest BCUT2D eigenvalue weighted by atomic mass is 16.6. The van der Waals surface area contributed by atoms with Gasteiger partial charge in [-0.3, -0.25) is 10.1 Å². The molecule has 0 saturated heterocycles. The zero-order valence-electron chi connectivity index (χ0n) is 10.2. The first-order valence-corrected chi connectivity index (χ1v) is 5.77. The number of non-ortho nitro benzene ring substituents is 1. The van der Waals surface area contributed by atoms with Crippen LogP contribution in [0.25, 0.3) is 10.9 Å². The Morgan fingerprint density at radius 1 is 1.30 bits per heavy atom. The number of fused-ring (bicyclic) bond motifs is 1. The summed E-state index contributed by atoms with van der Waals surface area (Å²) in [5.74, 6) is 1.16. The second-order valence-corrected chi connectivity index (χ2v) is 4.03. The third-order valence-electron chi connectivity index (χ3n) is 2.72. The third-order valence-corrected chi connectivity index (χ3v) is 2.72. The van der Waals surface area contributed by atoms with Crippen LogP contribution in [-0.4, -0.2) is 20.0 Å². The van der Waals surface area contributed by atoms with E-state index < -0.39 is 4.92 Å². The fourth-order valence-corrected chi connectivity index (χ4v) is 1.76. The number of nitro benzene ring substituents is 1. The van der Waals surface area contributed by atoms with Crippen LogP contribution in [0.15, 0.2) is 41.2 Å². The Morgan fingerprint density at radius 2 is 2.20 bits per heavy atom. The topological polar surface area (TPSA) is 107 Å². The quantitative estimate of drug-likeness (QED) is 0.572. The summed E-state index contributed by atoms with van der Waals surface area (Å²) in [6.45, 7) is 0.391. The molecule has 0 fully saturated rings. The number of rotatable bonds is 4. The van der Waals surface area contributed by atoms with Gasteiger partial charge in [-0.1, -0.05) is 5.16 Å². The summed E-state index contributed by atoms with van der Waals surface area (Å²) < 4.78 is 4.62. The minimum Gasteiger partial charge on any atom is -0.363 e. The fourth-order valence-electron chi connectivity index (χ4n) is 1.76. The van der Waals surface area contributed by atoms with E-state index in [-0.39, 0.29) is 5.69 Å². The summed E-state index contributed by atoms with van der Waals surface area (Å²) in [6, 6.07) is 8.05. The molecule has 0 spiro atoms. The van der Waals surface area contributed by atoms with Crippen molar-refractivity contribution in [2.45, 2.75) is 6.54 Å². The predicted molar refractivity (Wildman–Crippen MR) is 70.0 cm³/mol. The smallest absolute Gasteiger partial charge is 0.270 e. The van der Waals surface area contributed by atoms with Crippen molar-refractivity contribution in [3.05, 3.63) is 52.7 Å². The largest absolute Gasteiger partial charge is 0.363 e. The van der Waals surface area contributed by atoms with Crippen molar-refractivity contribution >= 4 is 22.4 Å². The Balaban J connectivity index is 1.83. The van der Waals surface area contributed by atoms with E-state index in [0.717, 1.165) is 0 Å². The normalized spacial score (nSPS) is 10.6. The molecule has 3 rings (SSSR count). The molecule has 2 aromatic heterocycles. The van der Waals surface area contributed by atoms with Crippen molar-refractivity contribution in [2.75, 3.05) is 5.32 Å². The Kier molecular flexibility index (Phi) is 2.96. The van der Waals surface area contributed by atoms with Crippen molar-refractivity contribution in [3.8, 4) is 0 Å². The van der Waals surface area contributed by atoms with E-state index in [0.29, 0.717) is 29.1 Å². The second kappa shape index (κ2) is 4.92. The van der Waals surface area contributed by atoms with E-state index in [2.05, 4.69) is 25.0 Å². The van der Waals surface area contributed by atoms with Crippen LogP contribution < -0.4 is 5.32 Å². The average molecular weight is 271 g/mol. The number of pyridine rings is 1. The molecule has 0 atom stereocenters. The molecule has 0 radical (unpaired) electrons. The molecular formula is C12H9N5O3. The van der Waals surface area contributed by atoms with Crippen molar-refractivity contribution in [1.82, 2.24) is 15.1 Å². The van der Waals surface area contributed by atoms with Crippen LogP contribution in [0.2, 0.25) is 0 Å². The molecule has 8 heteroatoms. The Morgan fingerprint density at radius 3 is 2.95 bits per heavy atom. The highest BCUT2D eigenvalue weighted by Crippen LogP contribution is 2.21. The molecule has 0 bridgehead atoms. The van der Waals surface area contributed by atoms with Crippen molar-refractivity contribution in [3.63, 3.8) is 0 Å². The first-order chi connectivity index (χ1) is 9.72. The molecular weight excluding hydrogens is 262 g/mol. The number of nitro groups is 1. The maximum absolute atomic E-state index is 10.7. The lowest BCUT2D eigenvalue weighted by Crippen LogP contribution is -2.02. The van der Waals surface area contributed by atoms with Crippen LogP contribution >= 0.6 is 0 Å². The number of hydrogen-bond acceptors (Lipinski definition) is 7. The summed E-state index contributed by atoms with van der Waals surface area (Å²) in [5.41, 5.74) is 0.723. The summed E-state index contributed by atoms with van der Waals surface area (Å²) in [5, 5.41) is 18.1. The number of nitrogens with zero attached hydrogens (tertiary/aromatic N) is 4. The van der Waals surface area contributed by atoms with Crippen molar-refractivity contribution in [2.24, 2.45) is 0 Å². The SMILES string of the molecule is O=[N+]([O-])c1ccc2nc(NCc3ncon3)ccc2c1. The van der Waals surface area contributed by atoms with Crippen LogP contribution in [0.5, 0.6) is 0 Å². The fraction of sp³-hybridized carbons (Fsp3) is 0.0833. The molecule has 0 amide bonds. The molecule has 1 N–H and O–H groups in total. The highest BCUT2D eigenvalue weighted by Gasteiger charge is 2.07. The summed E-state index contributed by atoms with van der Waals surface area (Å²) in [4.78, 5) is 18.5. The van der Waals surface area contributed by atoms with Gasteiger partial charge in [-0.2, -0.15) is 4.98 Å². The van der Waals surface area contributed by atoms with Gasteiger partial charge in [0.2, 0.25) is 6.39 Å². The van der Waals surface area contributed by atoms with Gasteiger partial charge in [-0.05, 0) is 18.2 Å². The van der Waals surface area contributed by atoms with Crippen LogP contribution in [0.4, 0.5) is 11.5 Å². The molecule has 0 saturated carbocycles. The van der Waals surface area contributed by atoms with Crippen molar-refractivity contribution < 1.29 is 9.45 Å². The number of hydrogen-bond donors (Lipinski definition) is 1. The van der Waals surface area contributed by atoms with E-state index in [4.69, 9.17) is 0 Å². The van der Waals surface area contributed by atoms with Gasteiger partial charge in [-0.15, -0.1) is 0 Å². The van der Waals surface area contributed by atoms with Gasteiger partial charge in [0.1, 0.15) is 5.82 Å². The summed E-state index contributed by atoms with van der Waals surface area (Å²) in [7, 11) is 0. The minimum absolute atomic E-state index is 0.0480. The average Bonchev–Trinajstić information content (AvgIpc) is 2.97. The number of nitrogens with one attached hydrogen (secondary N) is 1. The lowest BCUT2D eigenvalue weighted by Gasteiger charge is -2.04. The standard InChI is InChI=1S/C12H9N5O3/c18-17(19)9-2-3-10-8(5-9)1-4-11(15-10)13-6-12-14-7-20-16-12/h1-5,7H,6H2,(H,13,15). The maximum atomic E-state index is 10.7. The van der Waals surface area contributed by atoms with Gasteiger partial charge >= 0.3 is 0 Å². The molecule has 0 aliphatic rings. The van der Waals surface area contributed by atoms with Gasteiger partial charge in [0.15, 0.2) is 5.82 Å².